The van der Waals surface area contributed by atoms with Crippen LogP contribution in [0.4, 0.5) is 5.82 Å². The predicted octanol–water partition coefficient (Wildman–Crippen LogP) is -1.36. The number of H-pyrrole nitrogens is 1. The maximum absolute atomic E-state index is 5.46. The minimum Gasteiger partial charge on any atom is -0.357 e. The van der Waals surface area contributed by atoms with Crippen LogP contribution in [0.2, 0.25) is 0 Å². The monoisotopic (exact) mass is 295 g/mol. The molecule has 0 aromatic carbocycles. The van der Waals surface area contributed by atoms with Gasteiger partial charge in [-0.1, -0.05) is 6.07 Å². The van der Waals surface area contributed by atoms with Gasteiger partial charge >= 0.3 is 0 Å². The minimum absolute atomic E-state index is 0.892. The lowest BCUT2D eigenvalue weighted by Gasteiger charge is -2.32. The van der Waals surface area contributed by atoms with Crippen LogP contribution in [0.5, 0.6) is 0 Å². The van der Waals surface area contributed by atoms with Gasteiger partial charge in [0.1, 0.15) is 13.1 Å². The lowest BCUT2D eigenvalue weighted by atomic mass is 10.3. The van der Waals surface area contributed by atoms with Crippen molar-refractivity contribution in [2.75, 3.05) is 58.3 Å². The molecule has 20 heavy (non-hydrogen) atoms. The van der Waals surface area contributed by atoms with Crippen molar-refractivity contribution >= 4 is 23.1 Å². The van der Waals surface area contributed by atoms with E-state index in [0.29, 0.717) is 0 Å². The molecule has 6 heteroatoms. The van der Waals surface area contributed by atoms with Crippen molar-refractivity contribution in [3.05, 3.63) is 24.4 Å². The molecule has 0 unspecified atom stereocenters. The quantitative estimate of drug-likeness (QED) is 0.673. The van der Waals surface area contributed by atoms with Gasteiger partial charge in [-0.05, 0) is 18.3 Å². The maximum Gasteiger partial charge on any atom is 0.274 e. The molecule has 1 aliphatic heterocycles. The molecule has 0 amide bonds. The Hall–Kier alpha value is -1.40. The first-order valence-corrected chi connectivity index (χ1v) is 7.61. The Morgan fingerprint density at radius 3 is 2.65 bits per heavy atom. The van der Waals surface area contributed by atoms with Gasteiger partial charge in [-0.25, -0.2) is 4.98 Å². The highest BCUT2D eigenvalue weighted by Gasteiger charge is 2.24. The number of nitrogens with one attached hydrogen (secondary N) is 3. The molecule has 1 fully saturated rings. The highest BCUT2D eigenvalue weighted by Crippen LogP contribution is 2.09. The first kappa shape index (κ1) is 15.0. The van der Waals surface area contributed by atoms with Crippen LogP contribution in [0.3, 0.4) is 0 Å². The second-order valence-electron chi connectivity index (χ2n) is 5.41. The van der Waals surface area contributed by atoms with E-state index in [1.807, 2.05) is 12.3 Å². The van der Waals surface area contributed by atoms with Gasteiger partial charge in [-0.2, -0.15) is 0 Å². The number of aromatic amines is 1. The molecule has 0 bridgehead atoms. The van der Waals surface area contributed by atoms with E-state index < -0.39 is 0 Å². The van der Waals surface area contributed by atoms with E-state index in [1.165, 1.54) is 10.7 Å². The SMILES string of the molecule is C[NH+](C)CCNC(=S)N1CCN(c2cccc[nH+]2)CC1. The summed E-state index contributed by atoms with van der Waals surface area (Å²) in [4.78, 5) is 9.35. The minimum atomic E-state index is 0.892. The highest BCUT2D eigenvalue weighted by atomic mass is 32.1. The zero-order chi connectivity index (χ0) is 14.4. The van der Waals surface area contributed by atoms with E-state index in [1.54, 1.807) is 0 Å². The summed E-state index contributed by atoms with van der Waals surface area (Å²) in [6, 6.07) is 6.19. The number of rotatable bonds is 4. The van der Waals surface area contributed by atoms with Gasteiger partial charge in [-0.15, -0.1) is 0 Å². The van der Waals surface area contributed by atoms with Crippen molar-refractivity contribution in [2.24, 2.45) is 0 Å². The Labute approximate surface area is 126 Å². The summed E-state index contributed by atoms with van der Waals surface area (Å²) in [6.45, 7) is 5.97. The van der Waals surface area contributed by atoms with E-state index in [4.69, 9.17) is 12.2 Å². The predicted molar refractivity (Wildman–Crippen MR) is 85.1 cm³/mol. The topological polar surface area (TPSA) is 37.1 Å². The number of thiocarbonyl (C=S) groups is 1. The number of likely N-dealkylation sites (N-methyl/N-ethyl adjacent to an activating group) is 1. The fraction of sp³-hybridized carbons (Fsp3) is 0.571. The maximum atomic E-state index is 5.46. The molecular formula is C14H25N5S+2. The van der Waals surface area contributed by atoms with Crippen molar-refractivity contribution in [3.63, 3.8) is 0 Å². The number of aromatic nitrogens is 1. The summed E-state index contributed by atoms with van der Waals surface area (Å²) in [5.41, 5.74) is 0. The Morgan fingerprint density at radius 1 is 1.30 bits per heavy atom. The molecule has 2 rings (SSSR count). The van der Waals surface area contributed by atoms with E-state index in [2.05, 4.69) is 46.3 Å². The van der Waals surface area contributed by atoms with Crippen LogP contribution in [0.15, 0.2) is 24.4 Å². The lowest BCUT2D eigenvalue weighted by Crippen LogP contribution is -3.06. The van der Waals surface area contributed by atoms with Crippen LogP contribution in [0.1, 0.15) is 0 Å². The summed E-state index contributed by atoms with van der Waals surface area (Å²) in [6.07, 6.45) is 1.97. The Bertz CT molecular complexity index is 415. The molecule has 2 heterocycles. The summed E-state index contributed by atoms with van der Waals surface area (Å²) in [5.74, 6) is 1.18. The summed E-state index contributed by atoms with van der Waals surface area (Å²) < 4.78 is 0. The van der Waals surface area contributed by atoms with Gasteiger partial charge in [0.05, 0.1) is 46.5 Å². The lowest BCUT2D eigenvalue weighted by molar-refractivity contribution is -0.856. The zero-order valence-corrected chi connectivity index (χ0v) is 13.2. The third kappa shape index (κ3) is 4.31. The molecule has 0 saturated carbocycles. The van der Waals surface area contributed by atoms with Gasteiger partial charge in [0.25, 0.3) is 5.82 Å². The van der Waals surface area contributed by atoms with Crippen LogP contribution in [-0.4, -0.2) is 63.4 Å². The number of nitrogens with zero attached hydrogens (tertiary/aromatic N) is 2. The number of piperazine rings is 1. The number of anilines is 1. The van der Waals surface area contributed by atoms with Crippen LogP contribution in [0, 0.1) is 0 Å². The average Bonchev–Trinajstić information content (AvgIpc) is 2.48. The Balaban J connectivity index is 1.75. The molecular weight excluding hydrogens is 270 g/mol. The van der Waals surface area contributed by atoms with Crippen molar-refractivity contribution in [1.29, 1.82) is 0 Å². The summed E-state index contributed by atoms with van der Waals surface area (Å²) in [5, 5.41) is 4.24. The largest absolute Gasteiger partial charge is 0.357 e. The van der Waals surface area contributed by atoms with Gasteiger partial charge < -0.3 is 15.1 Å². The second kappa shape index (κ2) is 7.40. The normalized spacial score (nSPS) is 15.6. The third-order valence-corrected chi connectivity index (χ3v) is 3.90. The van der Waals surface area contributed by atoms with Crippen molar-refractivity contribution in [2.45, 2.75) is 0 Å². The molecule has 1 saturated heterocycles. The first-order valence-electron chi connectivity index (χ1n) is 7.20. The summed E-state index contributed by atoms with van der Waals surface area (Å²) >= 11 is 5.46. The molecule has 0 radical (unpaired) electrons. The Morgan fingerprint density at radius 2 is 2.05 bits per heavy atom. The molecule has 5 nitrogen and oxygen atoms in total. The molecule has 1 aromatic rings. The van der Waals surface area contributed by atoms with Crippen molar-refractivity contribution < 1.29 is 9.88 Å². The highest BCUT2D eigenvalue weighted by molar-refractivity contribution is 7.80. The van der Waals surface area contributed by atoms with E-state index in [-0.39, 0.29) is 0 Å². The average molecular weight is 295 g/mol. The van der Waals surface area contributed by atoms with E-state index in [9.17, 15) is 0 Å². The second-order valence-corrected chi connectivity index (χ2v) is 5.80. The van der Waals surface area contributed by atoms with Crippen LogP contribution >= 0.6 is 12.2 Å². The van der Waals surface area contributed by atoms with E-state index in [0.717, 1.165) is 44.4 Å². The molecule has 0 atom stereocenters. The zero-order valence-electron chi connectivity index (χ0n) is 12.4. The molecule has 0 aliphatic carbocycles. The smallest absolute Gasteiger partial charge is 0.274 e. The van der Waals surface area contributed by atoms with Gasteiger partial charge in [0, 0.05) is 6.07 Å². The molecule has 3 N–H and O–H groups in total. The van der Waals surface area contributed by atoms with Crippen molar-refractivity contribution in [3.8, 4) is 0 Å². The third-order valence-electron chi connectivity index (χ3n) is 3.50. The van der Waals surface area contributed by atoms with Crippen molar-refractivity contribution in [1.82, 2.24) is 10.2 Å². The van der Waals surface area contributed by atoms with Crippen LogP contribution < -0.4 is 20.1 Å². The fourth-order valence-corrected chi connectivity index (χ4v) is 2.55. The van der Waals surface area contributed by atoms with Gasteiger partial charge in [0.15, 0.2) is 5.11 Å². The molecule has 0 spiro atoms. The van der Waals surface area contributed by atoms with E-state index >= 15 is 0 Å². The number of hydrogen-bond acceptors (Lipinski definition) is 2. The molecule has 1 aromatic heterocycles. The molecule has 110 valence electrons. The number of hydrogen-bond donors (Lipinski definition) is 2. The summed E-state index contributed by atoms with van der Waals surface area (Å²) in [7, 11) is 4.31. The Kier molecular flexibility index (Phi) is 5.55. The first-order chi connectivity index (χ1) is 9.66. The number of quaternary nitrogens is 1. The number of pyridine rings is 1. The van der Waals surface area contributed by atoms with Gasteiger partial charge in [0.2, 0.25) is 0 Å². The van der Waals surface area contributed by atoms with Crippen LogP contribution in [0.25, 0.3) is 0 Å². The fourth-order valence-electron chi connectivity index (χ4n) is 2.26. The van der Waals surface area contributed by atoms with Gasteiger partial charge in [-0.3, -0.25) is 4.90 Å². The van der Waals surface area contributed by atoms with Crippen LogP contribution in [-0.2, 0) is 0 Å². The standard InChI is InChI=1S/C14H23N5S/c1-17(2)8-7-16-14(20)19-11-9-18(10-12-19)13-5-3-4-6-15-13/h3-6H,7-12H2,1-2H3,(H,16,20)/p+2. The molecule has 1 aliphatic rings.